The molecule has 142 valence electrons. The molecule has 1 saturated carbocycles. The van der Waals surface area contributed by atoms with E-state index in [1.54, 1.807) is 7.11 Å². The van der Waals surface area contributed by atoms with E-state index in [-0.39, 0.29) is 17.8 Å². The smallest absolute Gasteiger partial charge is 0.316 e. The molecule has 0 radical (unpaired) electrons. The number of thioether (sulfide) groups is 1. The minimum absolute atomic E-state index is 0.0709. The zero-order valence-electron chi connectivity index (χ0n) is 15.5. The van der Waals surface area contributed by atoms with E-state index in [9.17, 15) is 4.79 Å². The second-order valence-electron chi connectivity index (χ2n) is 6.75. The predicted octanol–water partition coefficient (Wildman–Crippen LogP) is 3.49. The van der Waals surface area contributed by atoms with Gasteiger partial charge in [0.2, 0.25) is 5.16 Å². The zero-order chi connectivity index (χ0) is 18.8. The van der Waals surface area contributed by atoms with Gasteiger partial charge in [-0.05, 0) is 43.9 Å². The Morgan fingerprint density at radius 3 is 2.85 bits per heavy atom. The summed E-state index contributed by atoms with van der Waals surface area (Å²) >= 11 is 1.26. The highest BCUT2D eigenvalue weighted by atomic mass is 32.2. The largest absolute Gasteiger partial charge is 0.497 e. The van der Waals surface area contributed by atoms with Gasteiger partial charge in [-0.2, -0.15) is 0 Å². The van der Waals surface area contributed by atoms with Gasteiger partial charge < -0.3 is 14.0 Å². The molecular formula is C19H22N4O3S. The minimum atomic E-state index is -0.211. The summed E-state index contributed by atoms with van der Waals surface area (Å²) in [5, 5.41) is 9.94. The molecule has 0 atom stereocenters. The van der Waals surface area contributed by atoms with Crippen molar-refractivity contribution >= 4 is 39.8 Å². The highest BCUT2D eigenvalue weighted by Crippen LogP contribution is 2.29. The third-order valence-electron chi connectivity index (χ3n) is 4.96. The Labute approximate surface area is 161 Å². The first-order valence-corrected chi connectivity index (χ1v) is 10.1. The molecule has 8 heteroatoms. The van der Waals surface area contributed by atoms with Crippen LogP contribution < -0.4 is 4.74 Å². The van der Waals surface area contributed by atoms with Crippen molar-refractivity contribution in [3.05, 3.63) is 18.2 Å². The fourth-order valence-corrected chi connectivity index (χ4v) is 4.10. The number of ether oxygens (including phenoxy) is 2. The van der Waals surface area contributed by atoms with Crippen molar-refractivity contribution in [3.63, 3.8) is 0 Å². The first-order valence-electron chi connectivity index (χ1n) is 9.15. The number of aryl methyl sites for hydroxylation is 1. The SMILES string of the molecule is COc1ccc2c(c1)c1nnc(SCC(=O)OC3CCCCC3)nc1n2C. The predicted molar refractivity (Wildman–Crippen MR) is 104 cm³/mol. The summed E-state index contributed by atoms with van der Waals surface area (Å²) in [6.45, 7) is 0. The second kappa shape index (κ2) is 7.72. The maximum atomic E-state index is 12.1. The molecule has 1 fully saturated rings. The summed E-state index contributed by atoms with van der Waals surface area (Å²) in [5.74, 6) is 0.750. The van der Waals surface area contributed by atoms with Crippen molar-refractivity contribution in [3.8, 4) is 5.75 Å². The lowest BCUT2D eigenvalue weighted by Gasteiger charge is -2.21. The van der Waals surface area contributed by atoms with Gasteiger partial charge in [-0.15, -0.1) is 10.2 Å². The Hall–Kier alpha value is -2.35. The molecule has 0 saturated heterocycles. The maximum absolute atomic E-state index is 12.1. The van der Waals surface area contributed by atoms with E-state index in [1.165, 1.54) is 18.2 Å². The Kier molecular flexibility index (Phi) is 5.15. The van der Waals surface area contributed by atoms with Gasteiger partial charge in [0.05, 0.1) is 18.4 Å². The van der Waals surface area contributed by atoms with Gasteiger partial charge in [-0.3, -0.25) is 4.79 Å². The molecule has 1 aliphatic carbocycles. The molecule has 1 aromatic carbocycles. The second-order valence-corrected chi connectivity index (χ2v) is 7.69. The molecule has 0 bridgehead atoms. The molecule has 3 aromatic rings. The van der Waals surface area contributed by atoms with Crippen molar-refractivity contribution in [1.29, 1.82) is 0 Å². The molecule has 0 N–H and O–H groups in total. The van der Waals surface area contributed by atoms with Crippen LogP contribution in [0, 0.1) is 0 Å². The summed E-state index contributed by atoms with van der Waals surface area (Å²) in [6.07, 6.45) is 5.53. The van der Waals surface area contributed by atoms with Crippen molar-refractivity contribution < 1.29 is 14.3 Å². The number of aromatic nitrogens is 4. The average molecular weight is 386 g/mol. The third kappa shape index (κ3) is 3.71. The number of nitrogens with zero attached hydrogens (tertiary/aromatic N) is 4. The molecule has 2 aromatic heterocycles. The summed E-state index contributed by atoms with van der Waals surface area (Å²) in [7, 11) is 3.58. The van der Waals surface area contributed by atoms with Gasteiger partial charge in [0, 0.05) is 12.4 Å². The Bertz CT molecular complexity index is 982. The zero-order valence-corrected chi connectivity index (χ0v) is 16.3. The number of hydrogen-bond donors (Lipinski definition) is 0. The Morgan fingerprint density at radius 1 is 1.26 bits per heavy atom. The fourth-order valence-electron chi connectivity index (χ4n) is 3.54. The Balaban J connectivity index is 1.50. The number of carbonyl (C=O) groups excluding carboxylic acids is 1. The van der Waals surface area contributed by atoms with Crippen LogP contribution in [0.25, 0.3) is 22.1 Å². The molecule has 0 unspecified atom stereocenters. The van der Waals surface area contributed by atoms with E-state index in [4.69, 9.17) is 9.47 Å². The van der Waals surface area contributed by atoms with Crippen molar-refractivity contribution in [2.45, 2.75) is 43.4 Å². The van der Waals surface area contributed by atoms with Crippen LogP contribution in [0.15, 0.2) is 23.4 Å². The quantitative estimate of drug-likeness (QED) is 0.490. The summed E-state index contributed by atoms with van der Waals surface area (Å²) in [5.41, 5.74) is 2.46. The average Bonchev–Trinajstić information content (AvgIpc) is 2.98. The van der Waals surface area contributed by atoms with E-state index < -0.39 is 0 Å². The van der Waals surface area contributed by atoms with Gasteiger partial charge in [0.15, 0.2) is 5.65 Å². The molecule has 7 nitrogen and oxygen atoms in total. The van der Waals surface area contributed by atoms with Gasteiger partial charge in [-0.1, -0.05) is 18.2 Å². The van der Waals surface area contributed by atoms with Crippen LogP contribution >= 0.6 is 11.8 Å². The lowest BCUT2D eigenvalue weighted by atomic mass is 9.98. The molecular weight excluding hydrogens is 364 g/mol. The maximum Gasteiger partial charge on any atom is 0.316 e. The van der Waals surface area contributed by atoms with Crippen LogP contribution in [0.3, 0.4) is 0 Å². The highest BCUT2D eigenvalue weighted by molar-refractivity contribution is 7.99. The molecule has 27 heavy (non-hydrogen) atoms. The molecule has 0 amide bonds. The summed E-state index contributed by atoms with van der Waals surface area (Å²) in [4.78, 5) is 16.7. The molecule has 2 heterocycles. The Morgan fingerprint density at radius 2 is 2.07 bits per heavy atom. The monoisotopic (exact) mass is 386 g/mol. The van der Waals surface area contributed by atoms with Crippen LogP contribution in [0.4, 0.5) is 0 Å². The number of benzene rings is 1. The van der Waals surface area contributed by atoms with Crippen LogP contribution in [-0.4, -0.2) is 44.7 Å². The number of fused-ring (bicyclic) bond motifs is 3. The van der Waals surface area contributed by atoms with Gasteiger partial charge >= 0.3 is 5.97 Å². The molecule has 1 aliphatic rings. The third-order valence-corrected chi connectivity index (χ3v) is 5.77. The molecule has 0 aliphatic heterocycles. The van der Waals surface area contributed by atoms with Crippen molar-refractivity contribution in [2.24, 2.45) is 7.05 Å². The highest BCUT2D eigenvalue weighted by Gasteiger charge is 2.19. The standard InChI is InChI=1S/C19H22N4O3S/c1-23-15-9-8-13(25-2)10-14(15)17-18(23)20-19(22-21-17)27-11-16(24)26-12-6-4-3-5-7-12/h8-10,12H,3-7,11H2,1-2H3. The number of rotatable bonds is 5. The van der Waals surface area contributed by atoms with Gasteiger partial charge in [-0.25, -0.2) is 4.98 Å². The van der Waals surface area contributed by atoms with E-state index in [2.05, 4.69) is 15.2 Å². The fraction of sp³-hybridized carbons (Fsp3) is 0.474. The number of methoxy groups -OCH3 is 1. The lowest BCUT2D eigenvalue weighted by Crippen LogP contribution is -2.22. The van der Waals surface area contributed by atoms with Crippen molar-refractivity contribution in [1.82, 2.24) is 19.7 Å². The van der Waals surface area contributed by atoms with Gasteiger partial charge in [0.1, 0.15) is 17.4 Å². The number of hydrogen-bond acceptors (Lipinski definition) is 7. The van der Waals surface area contributed by atoms with E-state index in [1.807, 2.05) is 29.8 Å². The van der Waals surface area contributed by atoms with Gasteiger partial charge in [0.25, 0.3) is 0 Å². The number of carbonyl (C=O) groups is 1. The van der Waals surface area contributed by atoms with E-state index in [0.717, 1.165) is 53.5 Å². The van der Waals surface area contributed by atoms with E-state index in [0.29, 0.717) is 5.16 Å². The van der Waals surface area contributed by atoms with Crippen LogP contribution in [0.2, 0.25) is 0 Å². The minimum Gasteiger partial charge on any atom is -0.497 e. The van der Waals surface area contributed by atoms with Crippen LogP contribution in [0.1, 0.15) is 32.1 Å². The topological polar surface area (TPSA) is 79.1 Å². The van der Waals surface area contributed by atoms with E-state index >= 15 is 0 Å². The van der Waals surface area contributed by atoms with Crippen molar-refractivity contribution in [2.75, 3.05) is 12.9 Å². The normalized spacial score (nSPS) is 15.3. The van der Waals surface area contributed by atoms with Crippen LogP contribution in [0.5, 0.6) is 5.75 Å². The summed E-state index contributed by atoms with van der Waals surface area (Å²) in [6, 6.07) is 5.82. The number of esters is 1. The lowest BCUT2D eigenvalue weighted by molar-refractivity contribution is -0.147. The first kappa shape index (κ1) is 18.0. The van der Waals surface area contributed by atoms with Crippen LogP contribution in [-0.2, 0) is 16.6 Å². The first-order chi connectivity index (χ1) is 13.2. The summed E-state index contributed by atoms with van der Waals surface area (Å²) < 4.78 is 12.8. The molecule has 0 spiro atoms. The molecule has 4 rings (SSSR count).